The van der Waals surface area contributed by atoms with Gasteiger partial charge in [-0.05, 0) is 61.0 Å². The van der Waals surface area contributed by atoms with Crippen LogP contribution >= 0.6 is 28.3 Å². The average Bonchev–Trinajstić information content (AvgIpc) is 2.76. The minimum Gasteiger partial charge on any atom is -0.464 e. The molecular weight excluding hydrogens is 468 g/mol. The van der Waals surface area contributed by atoms with Gasteiger partial charge in [0.25, 0.3) is 5.56 Å². The Bertz CT molecular complexity index is 1110. The number of fused-ring (bicyclic) bond motifs is 1. The Hall–Kier alpha value is -2.15. The van der Waals surface area contributed by atoms with Crippen LogP contribution in [0.25, 0.3) is 21.9 Å². The fourth-order valence-corrected chi connectivity index (χ4v) is 4.50. The molecule has 1 atom stereocenters. The summed E-state index contributed by atoms with van der Waals surface area (Å²) in [6.07, 6.45) is 2.10. The molecule has 0 radical (unpaired) electrons. The van der Waals surface area contributed by atoms with Gasteiger partial charge in [0.2, 0.25) is 0 Å². The number of methoxy groups -OCH3 is 1. The molecule has 0 saturated carbocycles. The molecule has 1 aliphatic heterocycles. The first-order chi connectivity index (χ1) is 14.1. The SMILES string of the molecule is COC(=O)c1c(-c2ccccc2)c2cc(Br)ccc2c(=O)n1CC1CCCNC1.Cl. The molecule has 3 aromatic rings. The molecule has 1 N–H and O–H groups in total. The summed E-state index contributed by atoms with van der Waals surface area (Å²) in [4.78, 5) is 26.4. The van der Waals surface area contributed by atoms with Crippen LogP contribution in [-0.2, 0) is 11.3 Å². The number of aromatic nitrogens is 1. The number of esters is 1. The van der Waals surface area contributed by atoms with Crippen LogP contribution in [0.15, 0.2) is 57.8 Å². The van der Waals surface area contributed by atoms with Gasteiger partial charge in [-0.25, -0.2) is 4.79 Å². The number of rotatable bonds is 4. The van der Waals surface area contributed by atoms with Gasteiger partial charge in [0.15, 0.2) is 0 Å². The first-order valence-corrected chi connectivity index (χ1v) is 10.6. The van der Waals surface area contributed by atoms with Crippen molar-refractivity contribution < 1.29 is 9.53 Å². The Labute approximate surface area is 190 Å². The van der Waals surface area contributed by atoms with E-state index in [0.29, 0.717) is 23.5 Å². The average molecular weight is 492 g/mol. The van der Waals surface area contributed by atoms with Crippen LogP contribution in [0, 0.1) is 5.92 Å². The maximum absolute atomic E-state index is 13.5. The van der Waals surface area contributed by atoms with Crippen molar-refractivity contribution in [1.29, 1.82) is 0 Å². The van der Waals surface area contributed by atoms with E-state index in [4.69, 9.17) is 4.74 Å². The fraction of sp³-hybridized carbons (Fsp3) is 0.304. The summed E-state index contributed by atoms with van der Waals surface area (Å²) >= 11 is 3.51. The third-order valence-electron chi connectivity index (χ3n) is 5.51. The van der Waals surface area contributed by atoms with Gasteiger partial charge in [0.1, 0.15) is 5.69 Å². The first kappa shape index (κ1) is 22.5. The molecule has 0 bridgehead atoms. The summed E-state index contributed by atoms with van der Waals surface area (Å²) in [5, 5.41) is 4.74. The Balaban J connectivity index is 0.00000256. The maximum atomic E-state index is 13.5. The van der Waals surface area contributed by atoms with Crippen LogP contribution in [0.4, 0.5) is 0 Å². The molecule has 0 amide bonds. The molecule has 158 valence electrons. The largest absolute Gasteiger partial charge is 0.464 e. The van der Waals surface area contributed by atoms with E-state index < -0.39 is 5.97 Å². The van der Waals surface area contributed by atoms with Gasteiger partial charge in [0.05, 0.1) is 7.11 Å². The third kappa shape index (κ3) is 4.31. The highest BCUT2D eigenvalue weighted by Crippen LogP contribution is 2.33. The van der Waals surface area contributed by atoms with Crippen molar-refractivity contribution in [3.63, 3.8) is 0 Å². The number of halogens is 2. The summed E-state index contributed by atoms with van der Waals surface area (Å²) in [6.45, 7) is 2.32. The van der Waals surface area contributed by atoms with Crippen LogP contribution < -0.4 is 10.9 Å². The molecule has 7 heteroatoms. The van der Waals surface area contributed by atoms with E-state index in [9.17, 15) is 9.59 Å². The Morgan fingerprint density at radius 1 is 1.20 bits per heavy atom. The predicted octanol–water partition coefficient (Wildman–Crippen LogP) is 4.64. The zero-order chi connectivity index (χ0) is 20.4. The van der Waals surface area contributed by atoms with Crippen molar-refractivity contribution in [3.8, 4) is 11.1 Å². The lowest BCUT2D eigenvalue weighted by Gasteiger charge is -2.26. The van der Waals surface area contributed by atoms with E-state index in [2.05, 4.69) is 21.2 Å². The predicted molar refractivity (Wildman–Crippen MR) is 126 cm³/mol. The number of carbonyl (C=O) groups is 1. The van der Waals surface area contributed by atoms with E-state index >= 15 is 0 Å². The van der Waals surface area contributed by atoms with Gasteiger partial charge in [-0.1, -0.05) is 46.3 Å². The van der Waals surface area contributed by atoms with Crippen LogP contribution in [0.1, 0.15) is 23.3 Å². The second-order valence-electron chi connectivity index (χ2n) is 7.40. The lowest BCUT2D eigenvalue weighted by molar-refractivity contribution is 0.0586. The van der Waals surface area contributed by atoms with E-state index in [1.807, 2.05) is 48.5 Å². The number of benzene rings is 2. The molecule has 4 rings (SSSR count). The maximum Gasteiger partial charge on any atom is 0.355 e. The molecule has 1 fully saturated rings. The lowest BCUT2D eigenvalue weighted by Crippen LogP contribution is -2.37. The van der Waals surface area contributed by atoms with Gasteiger partial charge in [-0.15, -0.1) is 12.4 Å². The number of nitrogens with one attached hydrogen (secondary N) is 1. The van der Waals surface area contributed by atoms with Crippen LogP contribution in [0.5, 0.6) is 0 Å². The summed E-state index contributed by atoms with van der Waals surface area (Å²) in [6, 6.07) is 15.3. The minimum atomic E-state index is -0.494. The summed E-state index contributed by atoms with van der Waals surface area (Å²) < 4.78 is 7.62. The summed E-state index contributed by atoms with van der Waals surface area (Å²) in [5.74, 6) is -0.201. The molecule has 1 aliphatic rings. The van der Waals surface area contributed by atoms with Gasteiger partial charge in [-0.2, -0.15) is 0 Å². The number of carbonyl (C=O) groups excluding carboxylic acids is 1. The molecule has 2 aromatic carbocycles. The van der Waals surface area contributed by atoms with Gasteiger partial charge in [0, 0.05) is 22.0 Å². The smallest absolute Gasteiger partial charge is 0.355 e. The van der Waals surface area contributed by atoms with Crippen molar-refractivity contribution in [1.82, 2.24) is 9.88 Å². The molecule has 30 heavy (non-hydrogen) atoms. The summed E-state index contributed by atoms with van der Waals surface area (Å²) in [7, 11) is 1.36. The van der Waals surface area contributed by atoms with Crippen LogP contribution in [0.3, 0.4) is 0 Å². The number of pyridine rings is 1. The van der Waals surface area contributed by atoms with Crippen molar-refractivity contribution in [2.75, 3.05) is 20.2 Å². The van der Waals surface area contributed by atoms with E-state index in [1.165, 1.54) is 7.11 Å². The number of nitrogens with zero attached hydrogens (tertiary/aromatic N) is 1. The highest BCUT2D eigenvalue weighted by molar-refractivity contribution is 9.10. The third-order valence-corrected chi connectivity index (χ3v) is 6.01. The Morgan fingerprint density at radius 3 is 2.63 bits per heavy atom. The normalized spacial score (nSPS) is 16.1. The number of hydrogen-bond acceptors (Lipinski definition) is 4. The standard InChI is InChI=1S/C23H23BrN2O3.ClH/c1-29-23(28)21-20(16-7-3-2-4-8-16)19-12-17(24)9-10-18(19)22(27)26(21)14-15-6-5-11-25-13-15;/h2-4,7-10,12,15,25H,5-6,11,13-14H2,1H3;1H. The fourth-order valence-electron chi connectivity index (χ4n) is 4.14. The molecule has 1 aromatic heterocycles. The van der Waals surface area contributed by atoms with E-state index in [0.717, 1.165) is 46.9 Å². The van der Waals surface area contributed by atoms with E-state index in [-0.39, 0.29) is 18.0 Å². The minimum absolute atomic E-state index is 0. The quantitative estimate of drug-likeness (QED) is 0.540. The Morgan fingerprint density at radius 2 is 1.97 bits per heavy atom. The van der Waals surface area contributed by atoms with Gasteiger partial charge < -0.3 is 14.6 Å². The molecule has 2 heterocycles. The monoisotopic (exact) mass is 490 g/mol. The van der Waals surface area contributed by atoms with Crippen molar-refractivity contribution >= 4 is 45.1 Å². The number of ether oxygens (including phenoxy) is 1. The molecule has 5 nitrogen and oxygen atoms in total. The zero-order valence-corrected chi connectivity index (χ0v) is 19.1. The van der Waals surface area contributed by atoms with Crippen LogP contribution in [0.2, 0.25) is 0 Å². The molecular formula is C23H24BrClN2O3. The molecule has 1 saturated heterocycles. The second-order valence-corrected chi connectivity index (χ2v) is 8.31. The summed E-state index contributed by atoms with van der Waals surface area (Å²) in [5.41, 5.74) is 1.78. The number of piperidine rings is 1. The highest BCUT2D eigenvalue weighted by Gasteiger charge is 2.26. The van der Waals surface area contributed by atoms with Gasteiger partial charge in [-0.3, -0.25) is 4.79 Å². The zero-order valence-electron chi connectivity index (χ0n) is 16.7. The van der Waals surface area contributed by atoms with Crippen molar-refractivity contribution in [3.05, 3.63) is 69.1 Å². The number of hydrogen-bond donors (Lipinski definition) is 1. The highest BCUT2D eigenvalue weighted by atomic mass is 79.9. The molecule has 0 aliphatic carbocycles. The van der Waals surface area contributed by atoms with Crippen molar-refractivity contribution in [2.24, 2.45) is 5.92 Å². The lowest BCUT2D eigenvalue weighted by atomic mass is 9.95. The molecule has 1 unspecified atom stereocenters. The first-order valence-electron chi connectivity index (χ1n) is 9.80. The Kier molecular flexibility index (Phi) is 7.34. The van der Waals surface area contributed by atoms with E-state index in [1.54, 1.807) is 4.57 Å². The molecule has 0 spiro atoms. The van der Waals surface area contributed by atoms with Gasteiger partial charge >= 0.3 is 5.97 Å². The van der Waals surface area contributed by atoms with Crippen molar-refractivity contribution in [2.45, 2.75) is 19.4 Å². The topological polar surface area (TPSA) is 60.3 Å². The second kappa shape index (κ2) is 9.77. The van der Waals surface area contributed by atoms with Crippen LogP contribution in [-0.4, -0.2) is 30.7 Å².